The van der Waals surface area contributed by atoms with E-state index in [-0.39, 0.29) is 5.41 Å². The molecule has 0 aromatic rings. The van der Waals surface area contributed by atoms with Crippen LogP contribution in [-0.2, 0) is 9.53 Å². The molecule has 0 aromatic carbocycles. The van der Waals surface area contributed by atoms with Crippen LogP contribution in [0.15, 0.2) is 0 Å². The lowest BCUT2D eigenvalue weighted by Gasteiger charge is -2.46. The van der Waals surface area contributed by atoms with Gasteiger partial charge in [0, 0.05) is 11.8 Å². The Hall–Kier alpha value is -0.570. The van der Waals surface area contributed by atoms with Gasteiger partial charge in [-0.1, -0.05) is 12.8 Å². The van der Waals surface area contributed by atoms with E-state index in [1.165, 1.54) is 25.7 Å². The molecule has 0 bridgehead atoms. The van der Waals surface area contributed by atoms with Gasteiger partial charge in [0.15, 0.2) is 0 Å². The molecule has 0 atom stereocenters. The number of carboxylic acids is 1. The molecule has 3 heteroatoms. The molecule has 14 heavy (non-hydrogen) atoms. The highest BCUT2D eigenvalue weighted by Gasteiger charge is 2.45. The predicted octanol–water partition coefficient (Wildman–Crippen LogP) is 2.06. The van der Waals surface area contributed by atoms with Gasteiger partial charge in [0.05, 0.1) is 13.2 Å². The maximum atomic E-state index is 10.6. The number of carboxylic acid groups (broad SMARTS) is 1. The number of rotatable bonds is 4. The summed E-state index contributed by atoms with van der Waals surface area (Å²) < 4.78 is 5.29. The lowest BCUT2D eigenvalue weighted by molar-refractivity contribution is -0.157. The summed E-state index contributed by atoms with van der Waals surface area (Å²) in [5, 5.41) is 8.70. The Morgan fingerprint density at radius 2 is 2.00 bits per heavy atom. The topological polar surface area (TPSA) is 46.5 Å². The van der Waals surface area contributed by atoms with Crippen LogP contribution in [0.5, 0.6) is 0 Å². The zero-order valence-corrected chi connectivity index (χ0v) is 8.50. The lowest BCUT2D eigenvalue weighted by Crippen LogP contribution is -2.47. The normalized spacial score (nSPS) is 26.0. The quantitative estimate of drug-likeness (QED) is 0.752. The van der Waals surface area contributed by atoms with Gasteiger partial charge in [-0.3, -0.25) is 4.79 Å². The minimum atomic E-state index is -0.672. The third-order valence-corrected chi connectivity index (χ3v) is 3.84. The molecule has 1 aliphatic carbocycles. The van der Waals surface area contributed by atoms with Gasteiger partial charge in [0.2, 0.25) is 0 Å². The van der Waals surface area contributed by atoms with E-state index >= 15 is 0 Å². The Bertz CT molecular complexity index is 215. The van der Waals surface area contributed by atoms with Crippen LogP contribution in [0.2, 0.25) is 0 Å². The fourth-order valence-corrected chi connectivity index (χ4v) is 2.84. The van der Waals surface area contributed by atoms with Crippen LogP contribution in [0.1, 0.15) is 38.5 Å². The first-order valence-corrected chi connectivity index (χ1v) is 5.52. The van der Waals surface area contributed by atoms with Crippen LogP contribution in [0.25, 0.3) is 0 Å². The standard InChI is InChI=1S/C11H18O3/c12-10(13)5-6-11(7-14-8-11)9-3-1-2-4-9/h9H,1-8H2,(H,12,13). The monoisotopic (exact) mass is 198 g/mol. The number of carbonyl (C=O) groups is 1. The van der Waals surface area contributed by atoms with Crippen molar-refractivity contribution >= 4 is 5.97 Å². The molecular formula is C11H18O3. The Balaban J connectivity index is 1.91. The van der Waals surface area contributed by atoms with Crippen molar-refractivity contribution in [1.29, 1.82) is 0 Å². The first-order valence-electron chi connectivity index (χ1n) is 5.52. The summed E-state index contributed by atoms with van der Waals surface area (Å²) in [5.74, 6) is 0.0601. The van der Waals surface area contributed by atoms with E-state index in [2.05, 4.69) is 0 Å². The molecule has 0 unspecified atom stereocenters. The minimum Gasteiger partial charge on any atom is -0.481 e. The van der Waals surface area contributed by atoms with Crippen LogP contribution in [0.3, 0.4) is 0 Å². The zero-order chi connectivity index (χ0) is 10.0. The first kappa shape index (κ1) is 9.97. The Morgan fingerprint density at radius 1 is 1.36 bits per heavy atom. The summed E-state index contributed by atoms with van der Waals surface area (Å²) in [6.07, 6.45) is 6.32. The molecule has 3 nitrogen and oxygen atoms in total. The van der Waals surface area contributed by atoms with E-state index in [4.69, 9.17) is 9.84 Å². The maximum absolute atomic E-state index is 10.6. The van der Waals surface area contributed by atoms with Crippen LogP contribution in [0, 0.1) is 11.3 Å². The Labute approximate surface area is 84.4 Å². The van der Waals surface area contributed by atoms with E-state index in [1.54, 1.807) is 0 Å². The number of hydrogen-bond donors (Lipinski definition) is 1. The van der Waals surface area contributed by atoms with Gasteiger partial charge in [0.1, 0.15) is 0 Å². The maximum Gasteiger partial charge on any atom is 0.303 e. The van der Waals surface area contributed by atoms with Gasteiger partial charge < -0.3 is 9.84 Å². The smallest absolute Gasteiger partial charge is 0.303 e. The zero-order valence-electron chi connectivity index (χ0n) is 8.50. The van der Waals surface area contributed by atoms with Crippen molar-refractivity contribution in [2.75, 3.05) is 13.2 Å². The van der Waals surface area contributed by atoms with Gasteiger partial charge in [0.25, 0.3) is 0 Å². The second-order valence-electron chi connectivity index (χ2n) is 4.73. The number of hydrogen-bond acceptors (Lipinski definition) is 2. The highest BCUT2D eigenvalue weighted by Crippen LogP contribution is 2.47. The third kappa shape index (κ3) is 1.78. The summed E-state index contributed by atoms with van der Waals surface area (Å²) in [6.45, 7) is 1.59. The largest absolute Gasteiger partial charge is 0.481 e. The average molecular weight is 198 g/mol. The molecule has 0 radical (unpaired) electrons. The molecule has 1 saturated carbocycles. The van der Waals surface area contributed by atoms with Gasteiger partial charge in [-0.15, -0.1) is 0 Å². The van der Waals surface area contributed by atoms with Crippen molar-refractivity contribution in [2.24, 2.45) is 11.3 Å². The van der Waals surface area contributed by atoms with E-state index in [1.807, 2.05) is 0 Å². The fraction of sp³-hybridized carbons (Fsp3) is 0.909. The molecule has 1 aliphatic heterocycles. The van der Waals surface area contributed by atoms with Crippen LogP contribution >= 0.6 is 0 Å². The van der Waals surface area contributed by atoms with E-state index in [0.717, 1.165) is 25.6 Å². The van der Waals surface area contributed by atoms with Gasteiger partial charge >= 0.3 is 5.97 Å². The molecule has 2 aliphatic rings. The highest BCUT2D eigenvalue weighted by molar-refractivity contribution is 5.66. The second kappa shape index (κ2) is 3.89. The highest BCUT2D eigenvalue weighted by atomic mass is 16.5. The van der Waals surface area contributed by atoms with Crippen molar-refractivity contribution in [1.82, 2.24) is 0 Å². The molecule has 1 saturated heterocycles. The van der Waals surface area contributed by atoms with Gasteiger partial charge in [-0.05, 0) is 25.2 Å². The van der Waals surface area contributed by atoms with E-state index in [9.17, 15) is 4.79 Å². The van der Waals surface area contributed by atoms with Gasteiger partial charge in [-0.25, -0.2) is 0 Å². The van der Waals surface area contributed by atoms with Crippen LogP contribution in [0.4, 0.5) is 0 Å². The summed E-state index contributed by atoms with van der Waals surface area (Å²) in [5.41, 5.74) is 0.231. The fourth-order valence-electron chi connectivity index (χ4n) is 2.84. The molecular weight excluding hydrogens is 180 g/mol. The summed E-state index contributed by atoms with van der Waals surface area (Å²) in [4.78, 5) is 10.6. The van der Waals surface area contributed by atoms with E-state index in [0.29, 0.717) is 6.42 Å². The Kier molecular flexibility index (Phi) is 2.77. The van der Waals surface area contributed by atoms with Crippen molar-refractivity contribution in [2.45, 2.75) is 38.5 Å². The van der Waals surface area contributed by atoms with E-state index < -0.39 is 5.97 Å². The summed E-state index contributed by atoms with van der Waals surface area (Å²) >= 11 is 0. The molecule has 1 heterocycles. The van der Waals surface area contributed by atoms with Crippen molar-refractivity contribution in [3.05, 3.63) is 0 Å². The number of aliphatic carboxylic acids is 1. The SMILES string of the molecule is O=C(O)CCC1(C2CCCC2)COC1. The molecule has 0 aromatic heterocycles. The van der Waals surface area contributed by atoms with Crippen molar-refractivity contribution in [3.63, 3.8) is 0 Å². The number of ether oxygens (including phenoxy) is 1. The molecule has 1 N–H and O–H groups in total. The second-order valence-corrected chi connectivity index (χ2v) is 4.73. The van der Waals surface area contributed by atoms with Crippen LogP contribution < -0.4 is 0 Å². The van der Waals surface area contributed by atoms with Gasteiger partial charge in [-0.2, -0.15) is 0 Å². The third-order valence-electron chi connectivity index (χ3n) is 3.84. The van der Waals surface area contributed by atoms with Crippen molar-refractivity contribution in [3.8, 4) is 0 Å². The molecule has 2 fully saturated rings. The van der Waals surface area contributed by atoms with Crippen LogP contribution in [-0.4, -0.2) is 24.3 Å². The first-order chi connectivity index (χ1) is 6.73. The molecule has 2 rings (SSSR count). The van der Waals surface area contributed by atoms with Crippen molar-refractivity contribution < 1.29 is 14.6 Å². The molecule has 80 valence electrons. The molecule has 0 spiro atoms. The minimum absolute atomic E-state index is 0.231. The lowest BCUT2D eigenvalue weighted by atomic mass is 9.69. The summed E-state index contributed by atoms with van der Waals surface area (Å²) in [7, 11) is 0. The average Bonchev–Trinajstić information content (AvgIpc) is 2.55. The predicted molar refractivity (Wildman–Crippen MR) is 52.1 cm³/mol. The molecule has 0 amide bonds. The Morgan fingerprint density at radius 3 is 2.43 bits per heavy atom. The summed E-state index contributed by atoms with van der Waals surface area (Å²) in [6, 6.07) is 0.